The third kappa shape index (κ3) is 4.14. The van der Waals surface area contributed by atoms with E-state index in [9.17, 15) is 9.59 Å². The van der Waals surface area contributed by atoms with Gasteiger partial charge >= 0.3 is 0 Å². The molecule has 1 aromatic carbocycles. The molecule has 2 aliphatic heterocycles. The summed E-state index contributed by atoms with van der Waals surface area (Å²) in [7, 11) is 1.73. The molecule has 4 rings (SSSR count). The molecular weight excluding hydrogens is 366 g/mol. The van der Waals surface area contributed by atoms with Crippen LogP contribution in [0.25, 0.3) is 0 Å². The Kier molecular flexibility index (Phi) is 5.83. The average Bonchev–Trinajstić information content (AvgIpc) is 2.73. The number of aromatic nitrogens is 1. The first-order valence-corrected chi connectivity index (χ1v) is 10.3. The van der Waals surface area contributed by atoms with E-state index in [1.165, 1.54) is 0 Å². The Balaban J connectivity index is 1.56. The Labute approximate surface area is 171 Å². The van der Waals surface area contributed by atoms with E-state index in [1.54, 1.807) is 13.2 Å². The standard InChI is InChI=1S/C23H29N3O3/c1-16-6-8-17(9-7-16)23(28)24-13-21-19-12-18(14-25(15-19)10-11-29-2)20-4-3-5-22(27)26(20)21/h3-9,18-19,21H,10-15H2,1-2H3,(H,24,28)/t18-,19+,21+/m1/s1. The minimum atomic E-state index is -0.0929. The number of ether oxygens (including phenoxy) is 1. The Bertz CT molecular complexity index is 922. The lowest BCUT2D eigenvalue weighted by atomic mass is 9.78. The Hall–Kier alpha value is -2.44. The first kappa shape index (κ1) is 19.9. The number of piperidine rings is 1. The van der Waals surface area contributed by atoms with Crippen LogP contribution in [-0.2, 0) is 4.74 Å². The third-order valence-electron chi connectivity index (χ3n) is 6.27. The quantitative estimate of drug-likeness (QED) is 0.815. The fraction of sp³-hybridized carbons (Fsp3) is 0.478. The number of rotatable bonds is 6. The predicted molar refractivity (Wildman–Crippen MR) is 112 cm³/mol. The van der Waals surface area contributed by atoms with E-state index in [0.717, 1.165) is 37.3 Å². The molecular formula is C23H29N3O3. The normalized spacial score (nSPS) is 23.4. The molecule has 29 heavy (non-hydrogen) atoms. The van der Waals surface area contributed by atoms with Gasteiger partial charge < -0.3 is 19.5 Å². The molecule has 6 heteroatoms. The molecule has 1 saturated heterocycles. The number of nitrogens with one attached hydrogen (secondary N) is 1. The summed E-state index contributed by atoms with van der Waals surface area (Å²) >= 11 is 0. The summed E-state index contributed by atoms with van der Waals surface area (Å²) in [5, 5.41) is 3.08. The largest absolute Gasteiger partial charge is 0.383 e. The molecule has 0 aliphatic carbocycles. The highest BCUT2D eigenvalue weighted by Crippen LogP contribution is 2.40. The fourth-order valence-electron chi connectivity index (χ4n) is 4.81. The molecule has 3 atom stereocenters. The second-order valence-electron chi connectivity index (χ2n) is 8.25. The van der Waals surface area contributed by atoms with Gasteiger partial charge in [0.2, 0.25) is 0 Å². The first-order valence-electron chi connectivity index (χ1n) is 10.3. The summed E-state index contributed by atoms with van der Waals surface area (Å²) in [6, 6.07) is 13.1. The zero-order valence-electron chi connectivity index (χ0n) is 17.1. The van der Waals surface area contributed by atoms with Crippen molar-refractivity contribution in [3.8, 4) is 0 Å². The number of hydrogen-bond donors (Lipinski definition) is 1. The van der Waals surface area contributed by atoms with Crippen LogP contribution >= 0.6 is 0 Å². The lowest BCUT2D eigenvalue weighted by Crippen LogP contribution is -2.52. The van der Waals surface area contributed by atoms with Crippen molar-refractivity contribution in [2.45, 2.75) is 25.3 Å². The number of hydrogen-bond acceptors (Lipinski definition) is 4. The zero-order chi connectivity index (χ0) is 20.4. The van der Waals surface area contributed by atoms with Crippen LogP contribution in [0.4, 0.5) is 0 Å². The van der Waals surface area contributed by atoms with Crippen molar-refractivity contribution in [2.75, 3.05) is 39.9 Å². The van der Waals surface area contributed by atoms with E-state index in [1.807, 2.05) is 41.8 Å². The number of fused-ring (bicyclic) bond motifs is 4. The van der Waals surface area contributed by atoms with Gasteiger partial charge in [-0.3, -0.25) is 9.59 Å². The molecule has 0 radical (unpaired) electrons. The highest BCUT2D eigenvalue weighted by molar-refractivity contribution is 5.94. The van der Waals surface area contributed by atoms with E-state index >= 15 is 0 Å². The van der Waals surface area contributed by atoms with Crippen LogP contribution in [0.2, 0.25) is 0 Å². The molecule has 154 valence electrons. The first-order chi connectivity index (χ1) is 14.1. The molecule has 1 fully saturated rings. The number of aryl methyl sites for hydroxylation is 1. The maximum Gasteiger partial charge on any atom is 0.251 e. The van der Waals surface area contributed by atoms with Crippen LogP contribution in [0.15, 0.2) is 47.3 Å². The van der Waals surface area contributed by atoms with Crippen molar-refractivity contribution < 1.29 is 9.53 Å². The lowest BCUT2D eigenvalue weighted by Gasteiger charge is -2.47. The highest BCUT2D eigenvalue weighted by atomic mass is 16.5. The number of likely N-dealkylation sites (tertiary alicyclic amines) is 1. The van der Waals surface area contributed by atoms with Gasteiger partial charge in [-0.15, -0.1) is 0 Å². The van der Waals surface area contributed by atoms with E-state index in [-0.39, 0.29) is 17.5 Å². The van der Waals surface area contributed by atoms with Gasteiger partial charge in [-0.05, 0) is 37.5 Å². The number of pyridine rings is 1. The summed E-state index contributed by atoms with van der Waals surface area (Å²) in [4.78, 5) is 27.8. The van der Waals surface area contributed by atoms with Crippen molar-refractivity contribution in [1.29, 1.82) is 0 Å². The Morgan fingerprint density at radius 1 is 1.17 bits per heavy atom. The number of carbonyl (C=O) groups is 1. The van der Waals surface area contributed by atoms with Gasteiger partial charge in [0.25, 0.3) is 11.5 Å². The summed E-state index contributed by atoms with van der Waals surface area (Å²) in [5.41, 5.74) is 2.89. The molecule has 2 bridgehead atoms. The van der Waals surface area contributed by atoms with Crippen molar-refractivity contribution >= 4 is 5.91 Å². The number of methoxy groups -OCH3 is 1. The predicted octanol–water partition coefficient (Wildman–Crippen LogP) is 2.19. The van der Waals surface area contributed by atoms with Gasteiger partial charge in [0.05, 0.1) is 12.6 Å². The molecule has 0 unspecified atom stereocenters. The summed E-state index contributed by atoms with van der Waals surface area (Å²) in [6.45, 7) is 5.93. The molecule has 2 aromatic rings. The van der Waals surface area contributed by atoms with Crippen molar-refractivity contribution in [3.63, 3.8) is 0 Å². The topological polar surface area (TPSA) is 63.6 Å². The maximum absolute atomic E-state index is 12.7. The molecule has 3 heterocycles. The summed E-state index contributed by atoms with van der Waals surface area (Å²) in [6.07, 6.45) is 1.05. The molecule has 1 amide bonds. The number of carbonyl (C=O) groups excluding carboxylic acids is 1. The van der Waals surface area contributed by atoms with Crippen LogP contribution in [0.1, 0.15) is 40.0 Å². The van der Waals surface area contributed by atoms with Gasteiger partial charge in [-0.25, -0.2) is 0 Å². The average molecular weight is 396 g/mol. The summed E-state index contributed by atoms with van der Waals surface area (Å²) < 4.78 is 7.20. The molecule has 0 spiro atoms. The Morgan fingerprint density at radius 2 is 1.97 bits per heavy atom. The van der Waals surface area contributed by atoms with Crippen LogP contribution in [0.5, 0.6) is 0 Å². The Morgan fingerprint density at radius 3 is 2.72 bits per heavy atom. The van der Waals surface area contributed by atoms with Gasteiger partial charge in [-0.2, -0.15) is 0 Å². The molecule has 0 saturated carbocycles. The van der Waals surface area contributed by atoms with Gasteiger partial charge in [0.15, 0.2) is 0 Å². The van der Waals surface area contributed by atoms with Crippen LogP contribution < -0.4 is 10.9 Å². The molecule has 1 N–H and O–H groups in total. The van der Waals surface area contributed by atoms with Crippen LogP contribution in [-0.4, -0.2) is 55.3 Å². The smallest absolute Gasteiger partial charge is 0.251 e. The fourth-order valence-corrected chi connectivity index (χ4v) is 4.81. The van der Waals surface area contributed by atoms with Crippen molar-refractivity contribution in [2.24, 2.45) is 5.92 Å². The zero-order valence-corrected chi connectivity index (χ0v) is 17.1. The van der Waals surface area contributed by atoms with Gasteiger partial charge in [-0.1, -0.05) is 23.8 Å². The SMILES string of the molecule is COCCN1C[C@H]2C[C@@H](C1)[C@H](CNC(=O)c1ccc(C)cc1)n1c2cccc1=O. The summed E-state index contributed by atoms with van der Waals surface area (Å²) in [5.74, 6) is 0.588. The van der Waals surface area contributed by atoms with Gasteiger partial charge in [0.1, 0.15) is 0 Å². The second kappa shape index (κ2) is 8.51. The second-order valence-corrected chi connectivity index (χ2v) is 8.25. The van der Waals surface area contributed by atoms with Crippen LogP contribution in [0, 0.1) is 12.8 Å². The van der Waals surface area contributed by atoms with E-state index in [0.29, 0.717) is 30.6 Å². The van der Waals surface area contributed by atoms with Gasteiger partial charge in [0, 0.05) is 56.5 Å². The number of benzene rings is 1. The number of nitrogens with zero attached hydrogens (tertiary/aromatic N) is 2. The molecule has 2 aliphatic rings. The number of amides is 1. The van der Waals surface area contributed by atoms with E-state index in [2.05, 4.69) is 16.3 Å². The van der Waals surface area contributed by atoms with Crippen molar-refractivity contribution in [1.82, 2.24) is 14.8 Å². The molecule has 6 nitrogen and oxygen atoms in total. The third-order valence-corrected chi connectivity index (χ3v) is 6.27. The van der Waals surface area contributed by atoms with E-state index in [4.69, 9.17) is 4.74 Å². The maximum atomic E-state index is 12.7. The highest BCUT2D eigenvalue weighted by Gasteiger charge is 2.40. The molecule has 1 aromatic heterocycles. The van der Waals surface area contributed by atoms with Crippen LogP contribution in [0.3, 0.4) is 0 Å². The minimum absolute atomic E-state index is 0.0251. The lowest BCUT2D eigenvalue weighted by molar-refractivity contribution is 0.0651. The minimum Gasteiger partial charge on any atom is -0.383 e. The van der Waals surface area contributed by atoms with E-state index < -0.39 is 0 Å². The monoisotopic (exact) mass is 395 g/mol. The van der Waals surface area contributed by atoms with Crippen molar-refractivity contribution in [3.05, 3.63) is 69.6 Å².